The maximum atomic E-state index is 12.3. The molecule has 0 unspecified atom stereocenters. The van der Waals surface area contributed by atoms with Gasteiger partial charge < -0.3 is 19.5 Å². The van der Waals surface area contributed by atoms with E-state index >= 15 is 0 Å². The molecule has 0 atom stereocenters. The molecule has 0 saturated heterocycles. The van der Waals surface area contributed by atoms with E-state index in [1.807, 2.05) is 0 Å². The number of esters is 1. The molecule has 176 valence electrons. The Labute approximate surface area is 208 Å². The van der Waals surface area contributed by atoms with Gasteiger partial charge in [0.05, 0.1) is 19.3 Å². The Balaban J connectivity index is 1.65. The van der Waals surface area contributed by atoms with Crippen LogP contribution in [0.3, 0.4) is 0 Å². The first-order valence-electron chi connectivity index (χ1n) is 10.4. The second kappa shape index (κ2) is 12.1. The van der Waals surface area contributed by atoms with Gasteiger partial charge >= 0.3 is 5.97 Å². The zero-order valence-corrected chi connectivity index (χ0v) is 20.2. The normalized spacial score (nSPS) is 10.7. The Morgan fingerprint density at radius 2 is 1.71 bits per heavy atom. The van der Waals surface area contributed by atoms with Gasteiger partial charge in [-0.05, 0) is 61.0 Å². The number of nitrogens with one attached hydrogen (secondary N) is 1. The fraction of sp³-hybridized carbons (Fsp3) is 0.154. The predicted octanol–water partition coefficient (Wildman–Crippen LogP) is 6.41. The van der Waals surface area contributed by atoms with Crippen molar-refractivity contribution in [1.29, 1.82) is 0 Å². The third kappa shape index (κ3) is 6.76. The summed E-state index contributed by atoms with van der Waals surface area (Å²) in [5, 5.41) is 3.76. The van der Waals surface area contributed by atoms with Crippen LogP contribution in [0.1, 0.15) is 28.4 Å². The van der Waals surface area contributed by atoms with E-state index in [1.165, 1.54) is 13.2 Å². The summed E-state index contributed by atoms with van der Waals surface area (Å²) in [5.74, 6) is 0.206. The van der Waals surface area contributed by atoms with Crippen molar-refractivity contribution in [2.24, 2.45) is 0 Å². The van der Waals surface area contributed by atoms with Gasteiger partial charge in [-0.2, -0.15) is 0 Å². The van der Waals surface area contributed by atoms with Crippen molar-refractivity contribution >= 4 is 46.8 Å². The summed E-state index contributed by atoms with van der Waals surface area (Å²) in [6.07, 6.45) is 3.03. The molecule has 0 aliphatic heterocycles. The number of benzene rings is 3. The largest absolute Gasteiger partial charge is 0.493 e. The monoisotopic (exact) mass is 499 g/mol. The molecular weight excluding hydrogens is 477 g/mol. The van der Waals surface area contributed by atoms with Gasteiger partial charge in [0.25, 0.3) is 0 Å². The van der Waals surface area contributed by atoms with Crippen LogP contribution in [0, 0.1) is 0 Å². The summed E-state index contributed by atoms with van der Waals surface area (Å²) in [5.41, 5.74) is 2.26. The van der Waals surface area contributed by atoms with Crippen LogP contribution in [-0.4, -0.2) is 25.6 Å². The molecule has 0 heterocycles. The molecule has 8 heteroatoms. The van der Waals surface area contributed by atoms with E-state index in [0.29, 0.717) is 38.4 Å². The van der Waals surface area contributed by atoms with Gasteiger partial charge in [-0.15, -0.1) is 0 Å². The topological polar surface area (TPSA) is 73.9 Å². The molecule has 1 N–H and O–H groups in total. The molecule has 3 aromatic carbocycles. The van der Waals surface area contributed by atoms with Crippen LogP contribution in [0.4, 0.5) is 5.69 Å². The molecule has 0 fully saturated rings. The van der Waals surface area contributed by atoms with Crippen molar-refractivity contribution in [2.75, 3.05) is 19.0 Å². The molecule has 0 aliphatic carbocycles. The molecule has 6 nitrogen and oxygen atoms in total. The number of hydrogen-bond acceptors (Lipinski definition) is 5. The Morgan fingerprint density at radius 1 is 0.971 bits per heavy atom. The van der Waals surface area contributed by atoms with Crippen molar-refractivity contribution in [3.8, 4) is 11.5 Å². The zero-order chi connectivity index (χ0) is 24.5. The van der Waals surface area contributed by atoms with Gasteiger partial charge in [0.15, 0.2) is 11.5 Å². The standard InChI is InChI=1S/C26H23Cl2NO5/c1-3-33-26(31)18-6-4-7-19(15-18)29-25(30)13-11-17-10-12-23(24(14-17)32-2)34-16-20-21(27)8-5-9-22(20)28/h4-15H,3,16H2,1-2H3,(H,29,30). The summed E-state index contributed by atoms with van der Waals surface area (Å²) < 4.78 is 16.2. The van der Waals surface area contributed by atoms with Crippen molar-refractivity contribution < 1.29 is 23.8 Å². The molecule has 0 saturated carbocycles. The van der Waals surface area contributed by atoms with E-state index in [0.717, 1.165) is 5.56 Å². The molecule has 3 aromatic rings. The van der Waals surface area contributed by atoms with Crippen LogP contribution in [0.25, 0.3) is 6.08 Å². The van der Waals surface area contributed by atoms with Gasteiger partial charge in [0, 0.05) is 27.4 Å². The van der Waals surface area contributed by atoms with E-state index in [2.05, 4.69) is 5.32 Å². The van der Waals surface area contributed by atoms with E-state index < -0.39 is 5.97 Å². The maximum absolute atomic E-state index is 12.3. The lowest BCUT2D eigenvalue weighted by Crippen LogP contribution is -2.09. The number of amides is 1. The number of halogens is 2. The summed E-state index contributed by atoms with van der Waals surface area (Å²) in [6, 6.07) is 17.1. The molecule has 3 rings (SSSR count). The molecule has 0 spiro atoms. The number of carbonyl (C=O) groups excluding carboxylic acids is 2. The van der Waals surface area contributed by atoms with Gasteiger partial charge in [-0.25, -0.2) is 4.79 Å². The first-order chi connectivity index (χ1) is 16.4. The maximum Gasteiger partial charge on any atom is 0.338 e. The van der Waals surface area contributed by atoms with E-state index in [9.17, 15) is 9.59 Å². The first-order valence-corrected chi connectivity index (χ1v) is 11.2. The number of rotatable bonds is 9. The van der Waals surface area contributed by atoms with Gasteiger partial charge in [-0.1, -0.05) is 41.4 Å². The lowest BCUT2D eigenvalue weighted by atomic mass is 10.1. The number of anilines is 1. The number of hydrogen-bond donors (Lipinski definition) is 1. The second-order valence-electron chi connectivity index (χ2n) is 7.02. The first kappa shape index (κ1) is 25.1. The molecular formula is C26H23Cl2NO5. The smallest absolute Gasteiger partial charge is 0.338 e. The molecule has 0 bridgehead atoms. The summed E-state index contributed by atoms with van der Waals surface area (Å²) in [4.78, 5) is 24.2. The minimum absolute atomic E-state index is 0.178. The second-order valence-corrected chi connectivity index (χ2v) is 7.84. The summed E-state index contributed by atoms with van der Waals surface area (Å²) in [7, 11) is 1.53. The van der Waals surface area contributed by atoms with Crippen LogP contribution in [0.5, 0.6) is 11.5 Å². The van der Waals surface area contributed by atoms with Gasteiger partial charge in [0.2, 0.25) is 5.91 Å². The third-order valence-corrected chi connectivity index (χ3v) is 5.40. The van der Waals surface area contributed by atoms with Crippen LogP contribution >= 0.6 is 23.2 Å². The van der Waals surface area contributed by atoms with Crippen molar-refractivity contribution in [3.63, 3.8) is 0 Å². The summed E-state index contributed by atoms with van der Waals surface area (Å²) >= 11 is 12.4. The highest BCUT2D eigenvalue weighted by Crippen LogP contribution is 2.31. The van der Waals surface area contributed by atoms with E-state index in [-0.39, 0.29) is 19.1 Å². The van der Waals surface area contributed by atoms with Crippen LogP contribution in [0.2, 0.25) is 10.0 Å². The average Bonchev–Trinajstić information content (AvgIpc) is 2.83. The fourth-order valence-electron chi connectivity index (χ4n) is 3.02. The molecule has 0 aliphatic rings. The SMILES string of the molecule is CCOC(=O)c1cccc(NC(=O)C=Cc2ccc(OCc3c(Cl)cccc3Cl)c(OC)c2)c1. The molecule has 0 aromatic heterocycles. The highest BCUT2D eigenvalue weighted by atomic mass is 35.5. The number of methoxy groups -OCH3 is 1. The minimum Gasteiger partial charge on any atom is -0.493 e. The summed E-state index contributed by atoms with van der Waals surface area (Å²) in [6.45, 7) is 2.19. The van der Waals surface area contributed by atoms with Crippen molar-refractivity contribution in [3.05, 3.63) is 93.5 Å². The van der Waals surface area contributed by atoms with E-state index in [4.69, 9.17) is 37.4 Å². The van der Waals surface area contributed by atoms with Crippen LogP contribution in [-0.2, 0) is 16.1 Å². The van der Waals surface area contributed by atoms with Gasteiger partial charge in [0.1, 0.15) is 6.61 Å². The predicted molar refractivity (Wildman–Crippen MR) is 134 cm³/mol. The average molecular weight is 500 g/mol. The minimum atomic E-state index is -0.444. The molecule has 34 heavy (non-hydrogen) atoms. The molecule has 1 amide bonds. The Bertz CT molecular complexity index is 1190. The highest BCUT2D eigenvalue weighted by Gasteiger charge is 2.10. The molecule has 0 radical (unpaired) electrons. The zero-order valence-electron chi connectivity index (χ0n) is 18.6. The highest BCUT2D eigenvalue weighted by molar-refractivity contribution is 6.35. The van der Waals surface area contributed by atoms with Crippen LogP contribution < -0.4 is 14.8 Å². The van der Waals surface area contributed by atoms with Gasteiger partial charge in [-0.3, -0.25) is 4.79 Å². The Hall–Kier alpha value is -3.48. The Morgan fingerprint density at radius 3 is 2.41 bits per heavy atom. The fourth-order valence-corrected chi connectivity index (χ4v) is 3.53. The number of ether oxygens (including phenoxy) is 3. The Kier molecular flexibility index (Phi) is 8.96. The lowest BCUT2D eigenvalue weighted by Gasteiger charge is -2.13. The van der Waals surface area contributed by atoms with E-state index in [1.54, 1.807) is 73.7 Å². The quantitative estimate of drug-likeness (QED) is 0.272. The number of carbonyl (C=O) groups is 2. The van der Waals surface area contributed by atoms with Crippen molar-refractivity contribution in [1.82, 2.24) is 0 Å². The lowest BCUT2D eigenvalue weighted by molar-refractivity contribution is -0.111. The van der Waals surface area contributed by atoms with Crippen LogP contribution in [0.15, 0.2) is 66.7 Å². The third-order valence-electron chi connectivity index (χ3n) is 4.69. The van der Waals surface area contributed by atoms with Crippen molar-refractivity contribution in [2.45, 2.75) is 13.5 Å².